The predicted molar refractivity (Wildman–Crippen MR) is 156 cm³/mol. The van der Waals surface area contributed by atoms with E-state index in [0.29, 0.717) is 12.4 Å². The molecule has 47 heavy (non-hydrogen) atoms. The first kappa shape index (κ1) is 36.7. The van der Waals surface area contributed by atoms with Gasteiger partial charge in [0.1, 0.15) is 0 Å². The van der Waals surface area contributed by atoms with Crippen LogP contribution in [0.3, 0.4) is 0 Å². The molecule has 4 heterocycles. The van der Waals surface area contributed by atoms with Crippen LogP contribution in [0.2, 0.25) is 0 Å². The number of nitrogens with zero attached hydrogens (tertiary/aromatic N) is 4. The largest absolute Gasteiger partial charge is 0.417 e. The average molecular weight is 829 g/mol. The second-order valence-electron chi connectivity index (χ2n) is 9.13. The van der Waals surface area contributed by atoms with Crippen LogP contribution in [0.15, 0.2) is 133 Å². The number of allylic oxidation sites excluding steroid dienone is 6. The van der Waals surface area contributed by atoms with Crippen LogP contribution in [0.1, 0.15) is 22.5 Å². The Labute approximate surface area is 277 Å². The molecule has 0 N–H and O–H groups in total. The minimum absolute atomic E-state index is 0. The van der Waals surface area contributed by atoms with Gasteiger partial charge in [0.05, 0.1) is 33.9 Å². The molecule has 2 aliphatic rings. The van der Waals surface area contributed by atoms with Crippen LogP contribution in [0.4, 0.5) is 35.1 Å². The normalized spacial score (nSPS) is 14.1. The third-order valence-corrected chi connectivity index (χ3v) is 5.88. The summed E-state index contributed by atoms with van der Waals surface area (Å²) in [6.07, 6.45) is 3.78. The van der Waals surface area contributed by atoms with E-state index in [-0.39, 0.29) is 43.8 Å². The molecule has 0 aliphatic heterocycles. The van der Waals surface area contributed by atoms with Crippen molar-refractivity contribution in [1.29, 1.82) is 0 Å². The van der Waals surface area contributed by atoms with Crippen molar-refractivity contribution in [3.63, 3.8) is 0 Å². The third kappa shape index (κ3) is 11.2. The van der Waals surface area contributed by atoms with Gasteiger partial charge < -0.3 is 0 Å². The second kappa shape index (κ2) is 16.7. The number of halogens is 8. The van der Waals surface area contributed by atoms with Gasteiger partial charge in [0, 0.05) is 68.2 Å². The molecule has 241 valence electrons. The first-order chi connectivity index (χ1) is 21.9. The molecule has 0 amide bonds. The molecule has 0 saturated heterocycles. The number of alkyl halides is 6. The maximum Gasteiger partial charge on any atom is 0.417 e. The minimum atomic E-state index is -4.51. The number of hydrogen-bond donors (Lipinski definition) is 0. The molecule has 0 saturated carbocycles. The van der Waals surface area contributed by atoms with Crippen molar-refractivity contribution in [1.82, 2.24) is 19.9 Å². The maximum atomic E-state index is 12.6. The first-order valence-corrected chi connectivity index (χ1v) is 13.1. The van der Waals surface area contributed by atoms with E-state index in [1.165, 1.54) is 24.3 Å². The van der Waals surface area contributed by atoms with Crippen LogP contribution >= 0.6 is 0 Å². The summed E-state index contributed by atoms with van der Waals surface area (Å²) in [5.41, 5.74) is 7.11. The molecule has 0 unspecified atom stereocenters. The molecule has 4 aromatic heterocycles. The van der Waals surface area contributed by atoms with E-state index < -0.39 is 23.5 Å². The average Bonchev–Trinajstić information content (AvgIpc) is 3.06. The molecule has 4 nitrogen and oxygen atoms in total. The fourth-order valence-electron chi connectivity index (χ4n) is 3.60. The molecule has 0 bridgehead atoms. The molecule has 0 atom stereocenters. The summed E-state index contributed by atoms with van der Waals surface area (Å²) in [4.78, 5) is 15.3. The van der Waals surface area contributed by atoms with Crippen molar-refractivity contribution in [2.75, 3.05) is 0 Å². The Kier molecular flexibility index (Phi) is 13.0. The molecule has 4 aromatic rings. The van der Waals surface area contributed by atoms with E-state index in [0.717, 1.165) is 46.8 Å². The van der Waals surface area contributed by atoms with Gasteiger partial charge in [-0.05, 0) is 72.8 Å². The van der Waals surface area contributed by atoms with Gasteiger partial charge in [-0.3, -0.25) is 19.9 Å². The van der Waals surface area contributed by atoms with Crippen LogP contribution in [0.5, 0.6) is 0 Å². The van der Waals surface area contributed by atoms with Crippen molar-refractivity contribution in [3.05, 3.63) is 168 Å². The van der Waals surface area contributed by atoms with E-state index >= 15 is 0 Å². The van der Waals surface area contributed by atoms with E-state index in [1.54, 1.807) is 24.5 Å². The molecule has 6 rings (SSSR count). The van der Waals surface area contributed by atoms with Gasteiger partial charge in [-0.1, -0.05) is 12.1 Å². The fraction of sp³-hybridized carbons (Fsp3) is 0.0588. The topological polar surface area (TPSA) is 51.6 Å². The minimum Gasteiger partial charge on any atom is -0.256 e. The Hall–Kier alpha value is -4.79. The van der Waals surface area contributed by atoms with Crippen LogP contribution in [0.25, 0.3) is 22.5 Å². The number of aromatic nitrogens is 4. The van der Waals surface area contributed by atoms with Crippen molar-refractivity contribution >= 4 is 11.1 Å². The first-order valence-electron chi connectivity index (χ1n) is 13.1. The summed E-state index contributed by atoms with van der Waals surface area (Å²) < 4.78 is 99.1. The quantitative estimate of drug-likeness (QED) is 0.153. The maximum absolute atomic E-state index is 12.6. The molecule has 2 aliphatic carbocycles. The van der Waals surface area contributed by atoms with Gasteiger partial charge >= 0.3 is 12.4 Å². The van der Waals surface area contributed by atoms with Gasteiger partial charge in [-0.25, -0.2) is 8.78 Å². The standard InChI is InChI=1S/C12H6F6N2.2C11H7FN.Ir/c13-11(14,15)7-1-3-9(19-5-7)10-4-2-8(6-20-10)12(16,17)18;2*12-10-6-4-9(5-7-10)11-3-1-2-8-13-11;/h1-6H;2*1-4,6-8H;. The summed E-state index contributed by atoms with van der Waals surface area (Å²) in [5, 5.41) is 0. The van der Waals surface area contributed by atoms with Gasteiger partial charge in [-0.2, -0.15) is 26.3 Å². The van der Waals surface area contributed by atoms with E-state index in [1.807, 2.05) is 36.4 Å². The van der Waals surface area contributed by atoms with Crippen molar-refractivity contribution in [2.45, 2.75) is 12.4 Å². The van der Waals surface area contributed by atoms with Crippen molar-refractivity contribution in [2.24, 2.45) is 0 Å². The van der Waals surface area contributed by atoms with Crippen molar-refractivity contribution in [3.8, 4) is 11.4 Å². The van der Waals surface area contributed by atoms with Crippen LogP contribution in [0, 0.1) is 12.3 Å². The molecular formula is C34H20F8IrN4. The molecule has 0 spiro atoms. The summed E-state index contributed by atoms with van der Waals surface area (Å²) >= 11 is 0. The smallest absolute Gasteiger partial charge is 0.256 e. The zero-order valence-corrected chi connectivity index (χ0v) is 26.1. The van der Waals surface area contributed by atoms with Gasteiger partial charge in [0.25, 0.3) is 0 Å². The molecular weight excluding hydrogens is 809 g/mol. The van der Waals surface area contributed by atoms with Crippen LogP contribution in [-0.4, -0.2) is 19.9 Å². The number of hydrogen-bond acceptors (Lipinski definition) is 4. The fourth-order valence-corrected chi connectivity index (χ4v) is 3.60. The van der Waals surface area contributed by atoms with Gasteiger partial charge in [0.15, 0.2) is 12.3 Å². The van der Waals surface area contributed by atoms with Gasteiger partial charge in [-0.15, -0.1) is 11.5 Å². The Morgan fingerprint density at radius 1 is 0.468 bits per heavy atom. The van der Waals surface area contributed by atoms with Crippen LogP contribution < -0.4 is 0 Å². The molecule has 13 heteroatoms. The summed E-state index contributed by atoms with van der Waals surface area (Å²) in [6.45, 7) is 0. The molecule has 0 aromatic carbocycles. The second-order valence-corrected chi connectivity index (χ2v) is 9.13. The van der Waals surface area contributed by atoms with E-state index in [4.69, 9.17) is 0 Å². The van der Waals surface area contributed by atoms with Crippen molar-refractivity contribution < 1.29 is 55.2 Å². The van der Waals surface area contributed by atoms with E-state index in [9.17, 15) is 35.1 Å². The van der Waals surface area contributed by atoms with E-state index in [2.05, 4.69) is 31.4 Å². The summed E-state index contributed by atoms with van der Waals surface area (Å²) in [7, 11) is 0. The SMILES string of the molecule is FC(F)(F)c1ccc(-c2ccc(C(F)(F)F)cn2)nc1.F[C]1C=C=C(c2ccccn2)C=C1.F[C]1C=C=C(c2ccccn2)C=C1.[Ir]. The predicted octanol–water partition coefficient (Wildman–Crippen LogP) is 9.56. The van der Waals surface area contributed by atoms with Gasteiger partial charge in [0.2, 0.25) is 0 Å². The zero-order valence-electron chi connectivity index (χ0n) is 23.7. The Morgan fingerprint density at radius 3 is 1.13 bits per heavy atom. The summed E-state index contributed by atoms with van der Waals surface area (Å²) in [6, 6.07) is 14.9. The third-order valence-electron chi connectivity index (χ3n) is 5.88. The van der Waals surface area contributed by atoms with Crippen LogP contribution in [-0.2, 0) is 32.5 Å². The number of pyridine rings is 4. The molecule has 3 radical (unpaired) electrons. The summed E-state index contributed by atoms with van der Waals surface area (Å²) in [5.74, 6) is 0. The zero-order chi connectivity index (χ0) is 33.2. The monoisotopic (exact) mass is 829 g/mol. The Bertz CT molecular complexity index is 1650. The molecule has 0 fully saturated rings. The number of rotatable bonds is 3. The Morgan fingerprint density at radius 2 is 0.872 bits per heavy atom. The Balaban J connectivity index is 0.000000196.